The molecule has 21 heavy (non-hydrogen) atoms. The molecule has 1 aliphatic heterocycles. The second-order valence-corrected chi connectivity index (χ2v) is 7.77. The van der Waals surface area contributed by atoms with Crippen molar-refractivity contribution in [2.45, 2.75) is 44.9 Å². The molecular weight excluding hydrogens is 288 g/mol. The fraction of sp³-hybridized carbons (Fsp3) is 0.533. The summed E-state index contributed by atoms with van der Waals surface area (Å²) in [5.74, 6) is -0.0991. The van der Waals surface area contributed by atoms with Crippen LogP contribution in [0.3, 0.4) is 0 Å². The van der Waals surface area contributed by atoms with Crippen molar-refractivity contribution in [2.24, 2.45) is 0 Å². The van der Waals surface area contributed by atoms with Gasteiger partial charge in [-0.25, -0.2) is 8.42 Å². The van der Waals surface area contributed by atoms with Crippen molar-refractivity contribution >= 4 is 21.6 Å². The zero-order chi connectivity index (χ0) is 16.0. The lowest BCUT2D eigenvalue weighted by Gasteiger charge is -2.21. The highest BCUT2D eigenvalue weighted by Crippen LogP contribution is 2.41. The van der Waals surface area contributed by atoms with Gasteiger partial charge in [0.2, 0.25) is 15.9 Å². The Balaban J connectivity index is 2.64. The third kappa shape index (κ3) is 2.36. The van der Waals surface area contributed by atoms with Crippen LogP contribution >= 0.6 is 0 Å². The van der Waals surface area contributed by atoms with E-state index >= 15 is 0 Å². The molecular formula is C15H22N2O3S. The van der Waals surface area contributed by atoms with Gasteiger partial charge in [-0.1, -0.05) is 13.8 Å². The summed E-state index contributed by atoms with van der Waals surface area (Å²) in [6, 6.07) is 3.27. The number of nitrogens with zero attached hydrogens (tertiary/aromatic N) is 1. The second kappa shape index (κ2) is 5.10. The highest BCUT2D eigenvalue weighted by molar-refractivity contribution is 7.89. The summed E-state index contributed by atoms with van der Waals surface area (Å²) >= 11 is 0. The largest absolute Gasteiger partial charge is 0.325 e. The molecule has 0 saturated carbocycles. The van der Waals surface area contributed by atoms with Gasteiger partial charge >= 0.3 is 0 Å². The molecule has 1 N–H and O–H groups in total. The Morgan fingerprint density at radius 2 is 1.76 bits per heavy atom. The number of amides is 1. The predicted octanol–water partition coefficient (Wildman–Crippen LogP) is 2.26. The van der Waals surface area contributed by atoms with Gasteiger partial charge in [-0.2, -0.15) is 4.31 Å². The van der Waals surface area contributed by atoms with Crippen LogP contribution in [0, 0.1) is 6.92 Å². The van der Waals surface area contributed by atoms with E-state index in [0.29, 0.717) is 13.1 Å². The van der Waals surface area contributed by atoms with Crippen molar-refractivity contribution < 1.29 is 13.2 Å². The smallest absolute Gasteiger partial charge is 0.243 e. The van der Waals surface area contributed by atoms with Gasteiger partial charge in [-0.3, -0.25) is 4.79 Å². The summed E-state index contributed by atoms with van der Waals surface area (Å²) in [6.45, 7) is 9.92. The molecule has 0 unspecified atom stereocenters. The molecule has 2 rings (SSSR count). The lowest BCUT2D eigenvalue weighted by atomic mass is 9.85. The van der Waals surface area contributed by atoms with Gasteiger partial charge in [0.05, 0.1) is 10.3 Å². The van der Waals surface area contributed by atoms with Gasteiger partial charge in [0, 0.05) is 18.8 Å². The van der Waals surface area contributed by atoms with E-state index in [-0.39, 0.29) is 10.8 Å². The number of aryl methyl sites for hydroxylation is 1. The zero-order valence-corrected chi connectivity index (χ0v) is 14.0. The molecule has 0 aliphatic carbocycles. The molecule has 0 radical (unpaired) electrons. The average molecular weight is 310 g/mol. The van der Waals surface area contributed by atoms with Gasteiger partial charge in [0.25, 0.3) is 0 Å². The SMILES string of the molecule is CCN(CC)S(=O)(=O)c1cc(C)c2c(c1)C(C)(C)C(=O)N2. The maximum atomic E-state index is 12.7. The number of sulfonamides is 1. The third-order valence-electron chi connectivity index (χ3n) is 4.13. The lowest BCUT2D eigenvalue weighted by molar-refractivity contribution is -0.119. The van der Waals surface area contributed by atoms with E-state index in [1.165, 1.54) is 4.31 Å². The van der Waals surface area contributed by atoms with Crippen molar-refractivity contribution in [1.82, 2.24) is 4.31 Å². The molecule has 116 valence electrons. The van der Waals surface area contributed by atoms with Crippen LogP contribution in [0.4, 0.5) is 5.69 Å². The molecule has 5 nitrogen and oxygen atoms in total. The van der Waals surface area contributed by atoms with Crippen molar-refractivity contribution in [3.63, 3.8) is 0 Å². The summed E-state index contributed by atoms with van der Waals surface area (Å²) in [6.07, 6.45) is 0. The van der Waals surface area contributed by atoms with Crippen LogP contribution in [-0.2, 0) is 20.2 Å². The maximum Gasteiger partial charge on any atom is 0.243 e. The number of benzene rings is 1. The minimum Gasteiger partial charge on any atom is -0.325 e. The van der Waals surface area contributed by atoms with E-state index in [2.05, 4.69) is 5.32 Å². The van der Waals surface area contributed by atoms with Crippen LogP contribution in [0.15, 0.2) is 17.0 Å². The highest BCUT2D eigenvalue weighted by Gasteiger charge is 2.40. The molecule has 1 aromatic rings. The molecule has 1 heterocycles. The first-order valence-corrected chi connectivity index (χ1v) is 8.57. The van der Waals surface area contributed by atoms with Crippen molar-refractivity contribution in [3.05, 3.63) is 23.3 Å². The number of rotatable bonds is 4. The summed E-state index contributed by atoms with van der Waals surface area (Å²) in [5.41, 5.74) is 1.55. The van der Waals surface area contributed by atoms with Crippen LogP contribution in [0.25, 0.3) is 0 Å². The first kappa shape index (κ1) is 16.0. The molecule has 1 aromatic carbocycles. The van der Waals surface area contributed by atoms with Gasteiger partial charge < -0.3 is 5.32 Å². The average Bonchev–Trinajstić information content (AvgIpc) is 2.63. The summed E-state index contributed by atoms with van der Waals surface area (Å²) < 4.78 is 26.7. The number of hydrogen-bond donors (Lipinski definition) is 1. The summed E-state index contributed by atoms with van der Waals surface area (Å²) in [4.78, 5) is 12.3. The predicted molar refractivity (Wildman–Crippen MR) is 82.9 cm³/mol. The zero-order valence-electron chi connectivity index (χ0n) is 13.1. The number of carbonyl (C=O) groups is 1. The Morgan fingerprint density at radius 3 is 2.29 bits per heavy atom. The Hall–Kier alpha value is -1.40. The van der Waals surface area contributed by atoms with Gasteiger partial charge in [-0.15, -0.1) is 0 Å². The van der Waals surface area contributed by atoms with Crippen molar-refractivity contribution in [1.29, 1.82) is 0 Å². The quantitative estimate of drug-likeness (QED) is 0.927. The standard InChI is InChI=1S/C15H22N2O3S/c1-6-17(7-2)21(19,20)11-8-10(3)13-12(9-11)15(4,5)14(18)16-13/h8-9H,6-7H2,1-5H3,(H,16,18). The van der Waals surface area contributed by atoms with E-state index < -0.39 is 15.4 Å². The van der Waals surface area contributed by atoms with E-state index in [1.807, 2.05) is 20.8 Å². The Bertz CT molecular complexity index is 689. The van der Waals surface area contributed by atoms with E-state index in [1.54, 1.807) is 26.0 Å². The van der Waals surface area contributed by atoms with E-state index in [9.17, 15) is 13.2 Å². The molecule has 0 atom stereocenters. The van der Waals surface area contributed by atoms with Crippen molar-refractivity contribution in [3.8, 4) is 0 Å². The minimum absolute atomic E-state index is 0.0991. The molecule has 0 spiro atoms. The van der Waals surface area contributed by atoms with Crippen LogP contribution in [0.1, 0.15) is 38.8 Å². The monoisotopic (exact) mass is 310 g/mol. The number of hydrogen-bond acceptors (Lipinski definition) is 3. The third-order valence-corrected chi connectivity index (χ3v) is 6.16. The Kier molecular flexibility index (Phi) is 3.88. The normalized spacial score (nSPS) is 17.0. The molecule has 0 aromatic heterocycles. The first-order chi connectivity index (χ1) is 9.66. The number of fused-ring (bicyclic) bond motifs is 1. The molecule has 1 amide bonds. The summed E-state index contributed by atoms with van der Waals surface area (Å²) in [5, 5.41) is 2.84. The molecule has 0 bridgehead atoms. The Labute approximate surface area is 126 Å². The minimum atomic E-state index is -3.52. The molecule has 0 fully saturated rings. The van der Waals surface area contributed by atoms with E-state index in [4.69, 9.17) is 0 Å². The lowest BCUT2D eigenvalue weighted by Crippen LogP contribution is -2.31. The molecule has 6 heteroatoms. The van der Waals surface area contributed by atoms with Gasteiger partial charge in [0.1, 0.15) is 0 Å². The number of carbonyl (C=O) groups excluding carboxylic acids is 1. The van der Waals surface area contributed by atoms with Crippen LogP contribution in [-0.4, -0.2) is 31.7 Å². The molecule has 0 saturated heterocycles. The molecule has 1 aliphatic rings. The van der Waals surface area contributed by atoms with Gasteiger partial charge in [-0.05, 0) is 44.0 Å². The second-order valence-electron chi connectivity index (χ2n) is 5.83. The fourth-order valence-electron chi connectivity index (χ4n) is 2.67. The number of anilines is 1. The first-order valence-electron chi connectivity index (χ1n) is 7.13. The van der Waals surface area contributed by atoms with E-state index in [0.717, 1.165) is 16.8 Å². The number of nitrogens with one attached hydrogen (secondary N) is 1. The highest BCUT2D eigenvalue weighted by atomic mass is 32.2. The Morgan fingerprint density at radius 1 is 1.19 bits per heavy atom. The topological polar surface area (TPSA) is 66.5 Å². The van der Waals surface area contributed by atoms with Crippen LogP contribution in [0.5, 0.6) is 0 Å². The van der Waals surface area contributed by atoms with Gasteiger partial charge in [0.15, 0.2) is 0 Å². The summed E-state index contributed by atoms with van der Waals surface area (Å²) in [7, 11) is -3.52. The fourth-order valence-corrected chi connectivity index (χ4v) is 4.24. The van der Waals surface area contributed by atoms with Crippen molar-refractivity contribution in [2.75, 3.05) is 18.4 Å². The van der Waals surface area contributed by atoms with Crippen LogP contribution in [0.2, 0.25) is 0 Å². The maximum absolute atomic E-state index is 12.7. The van der Waals surface area contributed by atoms with Crippen LogP contribution < -0.4 is 5.32 Å².